The summed E-state index contributed by atoms with van der Waals surface area (Å²) in [6.45, 7) is 2.12. The number of hydrogen-bond acceptors (Lipinski definition) is 3. The quantitative estimate of drug-likeness (QED) is 0.680. The highest BCUT2D eigenvalue weighted by molar-refractivity contribution is 5.78. The van der Waals surface area contributed by atoms with Crippen molar-refractivity contribution in [3.8, 4) is 0 Å². The van der Waals surface area contributed by atoms with Crippen LogP contribution in [0.2, 0.25) is 0 Å². The first-order valence-electron chi connectivity index (χ1n) is 7.90. The third kappa shape index (κ3) is 4.49. The summed E-state index contributed by atoms with van der Waals surface area (Å²) in [6.07, 6.45) is 2.11. The molecule has 1 saturated carbocycles. The highest BCUT2D eigenvalue weighted by Crippen LogP contribution is 2.31. The fraction of sp³-hybridized carbons (Fsp3) is 0.857. The van der Waals surface area contributed by atoms with E-state index in [0.29, 0.717) is 18.1 Å². The summed E-state index contributed by atoms with van der Waals surface area (Å²) in [7, 11) is 0. The van der Waals surface area contributed by atoms with Crippen LogP contribution in [0.25, 0.3) is 0 Å². The van der Waals surface area contributed by atoms with Crippen molar-refractivity contribution in [2.45, 2.75) is 62.8 Å². The fourth-order valence-corrected chi connectivity index (χ4v) is 3.52. The average molecular weight is 337 g/mol. The Bertz CT molecular complexity index is 439. The number of alkyl halides is 3. The third-order valence-electron chi connectivity index (χ3n) is 4.57. The second kappa shape index (κ2) is 7.37. The Kier molecular flexibility index (Phi) is 5.72. The molecule has 0 radical (unpaired) electrons. The Labute approximate surface area is 132 Å². The molecule has 2 atom stereocenters. The van der Waals surface area contributed by atoms with Gasteiger partial charge in [-0.2, -0.15) is 13.2 Å². The molecule has 132 valence electrons. The van der Waals surface area contributed by atoms with E-state index in [4.69, 9.17) is 9.90 Å². The second-order valence-corrected chi connectivity index (χ2v) is 6.10. The Hall–Kier alpha value is -1.51. The van der Waals surface area contributed by atoms with Crippen LogP contribution in [0.1, 0.15) is 38.5 Å². The van der Waals surface area contributed by atoms with Gasteiger partial charge in [-0.15, -0.1) is 0 Å². The van der Waals surface area contributed by atoms with Crippen LogP contribution in [0.3, 0.4) is 0 Å². The van der Waals surface area contributed by atoms with E-state index in [-0.39, 0.29) is 6.03 Å². The maximum atomic E-state index is 12.0. The van der Waals surface area contributed by atoms with E-state index in [1.54, 1.807) is 0 Å². The van der Waals surface area contributed by atoms with Gasteiger partial charge >= 0.3 is 18.2 Å². The molecule has 9 heteroatoms. The molecule has 2 aliphatic heterocycles. The van der Waals surface area contributed by atoms with Crippen molar-refractivity contribution in [1.29, 1.82) is 0 Å². The van der Waals surface area contributed by atoms with Gasteiger partial charge in [0.1, 0.15) is 0 Å². The smallest absolute Gasteiger partial charge is 0.475 e. The minimum absolute atomic E-state index is 0.198. The number of fused-ring (bicyclic) bond motifs is 1. The summed E-state index contributed by atoms with van der Waals surface area (Å²) in [5.74, 6) is -2.76. The first kappa shape index (κ1) is 17.8. The van der Waals surface area contributed by atoms with Gasteiger partial charge in [-0.05, 0) is 38.8 Å². The molecule has 2 heterocycles. The molecule has 2 saturated heterocycles. The average Bonchev–Trinajstić information content (AvgIpc) is 2.83. The molecule has 23 heavy (non-hydrogen) atoms. The highest BCUT2D eigenvalue weighted by atomic mass is 19.4. The molecular formula is C14H22F3N3O3. The van der Waals surface area contributed by atoms with Crippen LogP contribution in [-0.2, 0) is 4.79 Å². The molecule has 1 aliphatic carbocycles. The third-order valence-corrected chi connectivity index (χ3v) is 4.57. The van der Waals surface area contributed by atoms with Crippen molar-refractivity contribution in [1.82, 2.24) is 15.5 Å². The number of rotatable bonds is 1. The number of aliphatic carboxylic acids is 1. The maximum Gasteiger partial charge on any atom is 0.490 e. The Morgan fingerprint density at radius 3 is 2.26 bits per heavy atom. The number of carbonyl (C=O) groups is 2. The van der Waals surface area contributed by atoms with Crippen molar-refractivity contribution in [3.05, 3.63) is 0 Å². The summed E-state index contributed by atoms with van der Waals surface area (Å²) in [6, 6.07) is 1.61. The molecular weight excluding hydrogens is 315 g/mol. The summed E-state index contributed by atoms with van der Waals surface area (Å²) in [4.78, 5) is 23.1. The monoisotopic (exact) mass is 337 g/mol. The zero-order valence-corrected chi connectivity index (χ0v) is 12.7. The lowest BCUT2D eigenvalue weighted by molar-refractivity contribution is -0.192. The highest BCUT2D eigenvalue weighted by Gasteiger charge is 2.43. The number of nitrogens with zero attached hydrogens (tertiary/aromatic N) is 1. The number of piperidine rings is 1. The van der Waals surface area contributed by atoms with Crippen LogP contribution in [0, 0.1) is 0 Å². The molecule has 3 aliphatic rings. The number of amides is 2. The second-order valence-electron chi connectivity index (χ2n) is 6.10. The summed E-state index contributed by atoms with van der Waals surface area (Å²) < 4.78 is 31.7. The number of carboxylic acid groups (broad SMARTS) is 1. The van der Waals surface area contributed by atoms with Gasteiger partial charge in [0.25, 0.3) is 0 Å². The number of nitrogens with one attached hydrogen (secondary N) is 2. The van der Waals surface area contributed by atoms with E-state index in [2.05, 4.69) is 15.5 Å². The molecule has 3 N–H and O–H groups in total. The van der Waals surface area contributed by atoms with Crippen molar-refractivity contribution < 1.29 is 27.9 Å². The fourth-order valence-electron chi connectivity index (χ4n) is 3.52. The standard InChI is InChI=1S/C12H21N3O.C2HF3O2/c16-12-14-10-3-1-2-4-11(10)15(12)9-5-7-13-8-6-9;3-2(4,5)1(6)7/h9-11,13H,1-8H2,(H,14,16);(H,6,7)/t10-,11-;/m1./s1. The van der Waals surface area contributed by atoms with Gasteiger partial charge < -0.3 is 20.6 Å². The van der Waals surface area contributed by atoms with Gasteiger partial charge in [0.2, 0.25) is 0 Å². The van der Waals surface area contributed by atoms with Crippen molar-refractivity contribution in [2.75, 3.05) is 13.1 Å². The first-order valence-corrected chi connectivity index (χ1v) is 7.90. The molecule has 0 bridgehead atoms. The molecule has 0 aromatic heterocycles. The van der Waals surface area contributed by atoms with E-state index in [1.807, 2.05) is 0 Å². The Balaban J connectivity index is 0.000000236. The maximum absolute atomic E-state index is 12.0. The minimum Gasteiger partial charge on any atom is -0.475 e. The number of hydrogen-bond donors (Lipinski definition) is 3. The van der Waals surface area contributed by atoms with Gasteiger partial charge in [-0.25, -0.2) is 9.59 Å². The lowest BCUT2D eigenvalue weighted by Crippen LogP contribution is -2.49. The molecule has 0 unspecified atom stereocenters. The molecule has 0 aromatic carbocycles. The van der Waals surface area contributed by atoms with E-state index in [0.717, 1.165) is 25.9 Å². The van der Waals surface area contributed by atoms with Crippen molar-refractivity contribution in [3.63, 3.8) is 0 Å². The first-order chi connectivity index (χ1) is 10.8. The molecule has 3 rings (SSSR count). The van der Waals surface area contributed by atoms with E-state index >= 15 is 0 Å². The minimum atomic E-state index is -5.08. The van der Waals surface area contributed by atoms with Crippen molar-refractivity contribution >= 4 is 12.0 Å². The van der Waals surface area contributed by atoms with Gasteiger partial charge in [-0.3, -0.25) is 0 Å². The largest absolute Gasteiger partial charge is 0.490 e. The lowest BCUT2D eigenvalue weighted by atomic mass is 9.89. The van der Waals surface area contributed by atoms with E-state index < -0.39 is 12.1 Å². The molecule has 0 spiro atoms. The summed E-state index contributed by atoms with van der Waals surface area (Å²) >= 11 is 0. The number of carboxylic acids is 1. The predicted molar refractivity (Wildman–Crippen MR) is 76.0 cm³/mol. The van der Waals surface area contributed by atoms with Gasteiger partial charge in [0.15, 0.2) is 0 Å². The topological polar surface area (TPSA) is 81.7 Å². The van der Waals surface area contributed by atoms with Crippen LogP contribution in [0.5, 0.6) is 0 Å². The molecule has 3 fully saturated rings. The van der Waals surface area contributed by atoms with Crippen LogP contribution in [0.15, 0.2) is 0 Å². The Morgan fingerprint density at radius 1 is 1.13 bits per heavy atom. The number of carbonyl (C=O) groups excluding carboxylic acids is 1. The van der Waals surface area contributed by atoms with Crippen LogP contribution in [0.4, 0.5) is 18.0 Å². The van der Waals surface area contributed by atoms with Crippen LogP contribution in [-0.4, -0.2) is 59.4 Å². The zero-order chi connectivity index (χ0) is 17.0. The van der Waals surface area contributed by atoms with E-state index in [9.17, 15) is 18.0 Å². The molecule has 0 aromatic rings. The number of halogens is 3. The number of urea groups is 1. The Morgan fingerprint density at radius 2 is 1.70 bits per heavy atom. The summed E-state index contributed by atoms with van der Waals surface area (Å²) in [5, 5.41) is 13.7. The molecule has 6 nitrogen and oxygen atoms in total. The van der Waals surface area contributed by atoms with Crippen molar-refractivity contribution in [2.24, 2.45) is 0 Å². The normalized spacial score (nSPS) is 28.5. The van der Waals surface area contributed by atoms with Crippen LogP contribution >= 0.6 is 0 Å². The summed E-state index contributed by atoms with van der Waals surface area (Å²) in [5.41, 5.74) is 0. The van der Waals surface area contributed by atoms with Crippen LogP contribution < -0.4 is 10.6 Å². The van der Waals surface area contributed by atoms with Gasteiger partial charge in [0, 0.05) is 6.04 Å². The SMILES string of the molecule is O=C(O)C(F)(F)F.O=C1N[C@@H]2CCCC[C@H]2N1C1CCNCC1. The van der Waals surface area contributed by atoms with E-state index in [1.165, 1.54) is 25.7 Å². The predicted octanol–water partition coefficient (Wildman–Crippen LogP) is 1.71. The van der Waals surface area contributed by atoms with Gasteiger partial charge in [-0.1, -0.05) is 12.8 Å². The lowest BCUT2D eigenvalue weighted by Gasteiger charge is -2.37. The van der Waals surface area contributed by atoms with Gasteiger partial charge in [0.05, 0.1) is 12.1 Å². The molecule has 2 amide bonds. The zero-order valence-electron chi connectivity index (χ0n) is 12.7.